The maximum absolute atomic E-state index is 12.2. The molecule has 0 radical (unpaired) electrons. The monoisotopic (exact) mass is 325 g/mol. The number of hydrogen-bond donors (Lipinski definition) is 1. The molecule has 3 unspecified atom stereocenters. The second-order valence-corrected chi connectivity index (χ2v) is 7.52. The number of furan rings is 1. The molecule has 1 aromatic rings. The molecule has 1 aromatic heterocycles. The van der Waals surface area contributed by atoms with E-state index < -0.39 is 0 Å². The van der Waals surface area contributed by atoms with E-state index >= 15 is 0 Å². The van der Waals surface area contributed by atoms with Crippen LogP contribution in [0.15, 0.2) is 21.2 Å². The minimum atomic E-state index is -0.0970. The first-order chi connectivity index (χ1) is 8.84. The van der Waals surface area contributed by atoms with Gasteiger partial charge in [0, 0.05) is 6.04 Å². The molecule has 3 nitrogen and oxygen atoms in total. The molecular weight excluding hydrogens is 306 g/mol. The van der Waals surface area contributed by atoms with Gasteiger partial charge in [0.25, 0.3) is 5.91 Å². The van der Waals surface area contributed by atoms with Crippen molar-refractivity contribution in [3.05, 3.63) is 22.6 Å². The van der Waals surface area contributed by atoms with Crippen LogP contribution in [0, 0.1) is 16.7 Å². The van der Waals surface area contributed by atoms with Gasteiger partial charge < -0.3 is 9.73 Å². The van der Waals surface area contributed by atoms with Crippen molar-refractivity contribution < 1.29 is 9.21 Å². The van der Waals surface area contributed by atoms with Gasteiger partial charge in [0.2, 0.25) is 0 Å². The fourth-order valence-electron chi connectivity index (χ4n) is 4.09. The van der Waals surface area contributed by atoms with E-state index in [0.717, 1.165) is 12.3 Å². The number of amides is 1. The van der Waals surface area contributed by atoms with Crippen molar-refractivity contribution in [3.8, 4) is 0 Å². The second kappa shape index (κ2) is 4.11. The van der Waals surface area contributed by atoms with Gasteiger partial charge in [-0.25, -0.2) is 0 Å². The standard InChI is InChI=1S/C15H20BrNO2/c1-14(2)9-6-7-15(14,3)11(8-9)17-13(18)10-4-5-12(16)19-10/h4-5,9,11H,6-8H2,1-3H3,(H,17,18). The van der Waals surface area contributed by atoms with Crippen LogP contribution in [0.1, 0.15) is 50.6 Å². The normalized spacial score (nSPS) is 35.6. The molecule has 19 heavy (non-hydrogen) atoms. The summed E-state index contributed by atoms with van der Waals surface area (Å²) in [5.41, 5.74) is 0.520. The predicted molar refractivity (Wildman–Crippen MR) is 76.9 cm³/mol. The Morgan fingerprint density at radius 3 is 2.63 bits per heavy atom. The highest BCUT2D eigenvalue weighted by Crippen LogP contribution is 2.65. The van der Waals surface area contributed by atoms with Gasteiger partial charge >= 0.3 is 0 Å². The molecule has 2 aliphatic rings. The molecule has 3 rings (SSSR count). The molecule has 0 spiro atoms. The van der Waals surface area contributed by atoms with Gasteiger partial charge in [0.1, 0.15) is 0 Å². The lowest BCUT2D eigenvalue weighted by atomic mass is 9.69. The Morgan fingerprint density at radius 2 is 2.16 bits per heavy atom. The Kier molecular flexibility index (Phi) is 2.86. The zero-order valence-electron chi connectivity index (χ0n) is 11.6. The largest absolute Gasteiger partial charge is 0.444 e. The lowest BCUT2D eigenvalue weighted by Crippen LogP contribution is -2.46. The molecule has 1 heterocycles. The van der Waals surface area contributed by atoms with E-state index in [1.165, 1.54) is 12.8 Å². The fraction of sp³-hybridized carbons (Fsp3) is 0.667. The quantitative estimate of drug-likeness (QED) is 0.893. The van der Waals surface area contributed by atoms with E-state index in [1.807, 2.05) is 0 Å². The predicted octanol–water partition coefficient (Wildman–Crippen LogP) is 3.99. The molecule has 4 heteroatoms. The molecule has 0 aliphatic heterocycles. The van der Waals surface area contributed by atoms with Crippen molar-refractivity contribution in [1.29, 1.82) is 0 Å². The minimum Gasteiger partial charge on any atom is -0.444 e. The van der Waals surface area contributed by atoms with Crippen LogP contribution in [-0.2, 0) is 0 Å². The lowest BCUT2D eigenvalue weighted by Gasteiger charge is -2.39. The number of hydrogen-bond acceptors (Lipinski definition) is 2. The molecule has 0 saturated heterocycles. The molecule has 1 N–H and O–H groups in total. The molecule has 2 fully saturated rings. The number of rotatable bonds is 2. The van der Waals surface area contributed by atoms with E-state index in [2.05, 4.69) is 42.0 Å². The molecule has 2 saturated carbocycles. The topological polar surface area (TPSA) is 42.2 Å². The van der Waals surface area contributed by atoms with Crippen LogP contribution in [0.25, 0.3) is 0 Å². The number of carbonyl (C=O) groups excluding carboxylic acids is 1. The molecule has 3 atom stereocenters. The second-order valence-electron chi connectivity index (χ2n) is 6.74. The van der Waals surface area contributed by atoms with Gasteiger partial charge in [-0.3, -0.25) is 4.79 Å². The van der Waals surface area contributed by atoms with E-state index in [-0.39, 0.29) is 17.4 Å². The summed E-state index contributed by atoms with van der Waals surface area (Å²) in [6.45, 7) is 7.02. The average molecular weight is 326 g/mol. The summed E-state index contributed by atoms with van der Waals surface area (Å²) in [6.07, 6.45) is 3.59. The highest BCUT2D eigenvalue weighted by atomic mass is 79.9. The van der Waals surface area contributed by atoms with Gasteiger partial charge in [-0.2, -0.15) is 0 Å². The molecule has 104 valence electrons. The Bertz CT molecular complexity index is 522. The summed E-state index contributed by atoms with van der Waals surface area (Å²) >= 11 is 3.23. The third-order valence-corrected chi connectivity index (χ3v) is 6.32. The van der Waals surface area contributed by atoms with Gasteiger partial charge in [0.05, 0.1) is 0 Å². The molecule has 0 aromatic carbocycles. The minimum absolute atomic E-state index is 0.0970. The Hall–Kier alpha value is -0.770. The summed E-state index contributed by atoms with van der Waals surface area (Å²) in [6, 6.07) is 3.72. The van der Waals surface area contributed by atoms with Crippen LogP contribution in [0.5, 0.6) is 0 Å². The third-order valence-electron chi connectivity index (χ3n) is 5.90. The SMILES string of the molecule is CC1(C)C2CCC1(C)C(NC(=O)c1ccc(Br)o1)C2. The average Bonchev–Trinajstić information content (AvgIpc) is 2.91. The van der Waals surface area contributed by atoms with Gasteiger partial charge in [-0.1, -0.05) is 20.8 Å². The van der Waals surface area contributed by atoms with Gasteiger partial charge in [-0.05, 0) is 64.1 Å². The van der Waals surface area contributed by atoms with E-state index in [4.69, 9.17) is 4.42 Å². The summed E-state index contributed by atoms with van der Waals surface area (Å²) < 4.78 is 5.92. The number of nitrogens with one attached hydrogen (secondary N) is 1. The van der Waals surface area contributed by atoms with Gasteiger partial charge in [-0.15, -0.1) is 0 Å². The fourth-order valence-corrected chi connectivity index (χ4v) is 4.39. The maximum Gasteiger partial charge on any atom is 0.287 e. The van der Waals surface area contributed by atoms with Crippen LogP contribution in [0.3, 0.4) is 0 Å². The number of fused-ring (bicyclic) bond motifs is 2. The van der Waals surface area contributed by atoms with Crippen molar-refractivity contribution >= 4 is 21.8 Å². The summed E-state index contributed by atoms with van der Waals surface area (Å²) in [7, 11) is 0. The third kappa shape index (κ3) is 1.79. The maximum atomic E-state index is 12.2. The molecule has 1 amide bonds. The Labute approximate surface area is 122 Å². The van der Waals surface area contributed by atoms with Crippen molar-refractivity contribution in [2.75, 3.05) is 0 Å². The molecular formula is C15H20BrNO2. The Morgan fingerprint density at radius 1 is 1.42 bits per heavy atom. The van der Waals surface area contributed by atoms with E-state index in [0.29, 0.717) is 15.8 Å². The van der Waals surface area contributed by atoms with Crippen LogP contribution in [0.2, 0.25) is 0 Å². The number of halogens is 1. The highest BCUT2D eigenvalue weighted by Gasteiger charge is 2.61. The van der Waals surface area contributed by atoms with Crippen molar-refractivity contribution in [3.63, 3.8) is 0 Å². The van der Waals surface area contributed by atoms with E-state index in [9.17, 15) is 4.79 Å². The molecule has 2 bridgehead atoms. The first-order valence-corrected chi connectivity index (χ1v) is 7.70. The van der Waals surface area contributed by atoms with Crippen LogP contribution in [-0.4, -0.2) is 11.9 Å². The number of carbonyl (C=O) groups is 1. The van der Waals surface area contributed by atoms with Crippen molar-refractivity contribution in [1.82, 2.24) is 5.32 Å². The first kappa shape index (κ1) is 13.2. The van der Waals surface area contributed by atoms with Gasteiger partial charge in [0.15, 0.2) is 10.4 Å². The first-order valence-electron chi connectivity index (χ1n) is 6.91. The molecule has 2 aliphatic carbocycles. The van der Waals surface area contributed by atoms with Crippen molar-refractivity contribution in [2.45, 2.75) is 46.1 Å². The summed E-state index contributed by atoms with van der Waals surface area (Å²) in [5.74, 6) is 1.02. The van der Waals surface area contributed by atoms with Crippen LogP contribution >= 0.6 is 15.9 Å². The van der Waals surface area contributed by atoms with Crippen molar-refractivity contribution in [2.24, 2.45) is 16.7 Å². The highest BCUT2D eigenvalue weighted by molar-refractivity contribution is 9.10. The van der Waals surface area contributed by atoms with E-state index in [1.54, 1.807) is 12.1 Å². The smallest absolute Gasteiger partial charge is 0.287 e. The zero-order valence-corrected chi connectivity index (χ0v) is 13.2. The van der Waals surface area contributed by atoms with Crippen LogP contribution < -0.4 is 5.32 Å². The van der Waals surface area contributed by atoms with Crippen LogP contribution in [0.4, 0.5) is 0 Å². The summed E-state index contributed by atoms with van der Waals surface area (Å²) in [5, 5.41) is 3.18. The summed E-state index contributed by atoms with van der Waals surface area (Å²) in [4.78, 5) is 12.2. The lowest BCUT2D eigenvalue weighted by molar-refractivity contribution is 0.0800. The Balaban J connectivity index is 1.77. The zero-order chi connectivity index (χ0) is 13.8.